The molecule has 0 saturated carbocycles. The first-order valence-corrected chi connectivity index (χ1v) is 7.99. The molecule has 118 valence electrons. The fourth-order valence-electron chi connectivity index (χ4n) is 3.45. The zero-order chi connectivity index (χ0) is 15.5. The maximum atomic E-state index is 12.4. The van der Waals surface area contributed by atoms with Crippen LogP contribution in [0.4, 0.5) is 5.69 Å². The van der Waals surface area contributed by atoms with Crippen molar-refractivity contribution in [2.75, 3.05) is 24.6 Å². The number of benzene rings is 1. The fraction of sp³-hybridized carbons (Fsp3) is 0.529. The average molecular weight is 302 g/mol. The Bertz CT molecular complexity index is 573. The molecule has 0 aromatic heterocycles. The highest BCUT2D eigenvalue weighted by Crippen LogP contribution is 2.28. The van der Waals surface area contributed by atoms with Crippen LogP contribution < -0.4 is 4.90 Å². The Labute approximate surface area is 130 Å². The largest absolute Gasteiger partial charge is 0.394 e. The van der Waals surface area contributed by atoms with Crippen LogP contribution in [-0.2, 0) is 16.0 Å². The van der Waals surface area contributed by atoms with E-state index in [1.54, 1.807) is 9.80 Å². The van der Waals surface area contributed by atoms with Crippen LogP contribution in [0.15, 0.2) is 24.3 Å². The highest BCUT2D eigenvalue weighted by Gasteiger charge is 2.29. The normalized spacial score (nSPS) is 21.1. The van der Waals surface area contributed by atoms with Crippen LogP contribution in [0.1, 0.15) is 31.2 Å². The van der Waals surface area contributed by atoms with Crippen molar-refractivity contribution >= 4 is 17.5 Å². The van der Waals surface area contributed by atoms with Gasteiger partial charge in [0.1, 0.15) is 0 Å². The molecule has 2 aliphatic heterocycles. The number of para-hydroxylation sites is 1. The Kier molecular flexibility index (Phi) is 4.43. The summed E-state index contributed by atoms with van der Waals surface area (Å²) in [5, 5.41) is 9.32. The van der Waals surface area contributed by atoms with Gasteiger partial charge in [0.25, 0.3) is 0 Å². The van der Waals surface area contributed by atoms with E-state index in [-0.39, 0.29) is 24.5 Å². The number of aliphatic hydroxyl groups is 1. The average Bonchev–Trinajstić information content (AvgIpc) is 3.02. The second kappa shape index (κ2) is 6.48. The Hall–Kier alpha value is -1.88. The van der Waals surface area contributed by atoms with Crippen LogP contribution in [-0.4, -0.2) is 47.6 Å². The maximum absolute atomic E-state index is 12.4. The van der Waals surface area contributed by atoms with Crippen LogP contribution in [0, 0.1) is 0 Å². The summed E-state index contributed by atoms with van der Waals surface area (Å²) in [5.41, 5.74) is 2.11. The smallest absolute Gasteiger partial charge is 0.227 e. The number of rotatable bonds is 4. The van der Waals surface area contributed by atoms with Crippen molar-refractivity contribution in [1.82, 2.24) is 4.90 Å². The summed E-state index contributed by atoms with van der Waals surface area (Å²) < 4.78 is 0. The fourth-order valence-corrected chi connectivity index (χ4v) is 3.45. The highest BCUT2D eigenvalue weighted by atomic mass is 16.3. The monoisotopic (exact) mass is 302 g/mol. The molecule has 0 unspecified atom stereocenters. The zero-order valence-electron chi connectivity index (χ0n) is 12.7. The van der Waals surface area contributed by atoms with Crippen LogP contribution in [0.5, 0.6) is 0 Å². The van der Waals surface area contributed by atoms with Crippen LogP contribution in [0.3, 0.4) is 0 Å². The number of hydrogen-bond donors (Lipinski definition) is 1. The second-order valence-electron chi connectivity index (χ2n) is 5.99. The molecule has 1 N–H and O–H groups in total. The topological polar surface area (TPSA) is 60.9 Å². The van der Waals surface area contributed by atoms with Crippen LogP contribution >= 0.6 is 0 Å². The number of amides is 2. The Balaban J connectivity index is 1.66. The van der Waals surface area contributed by atoms with Gasteiger partial charge in [-0.1, -0.05) is 18.2 Å². The van der Waals surface area contributed by atoms with Crippen LogP contribution in [0.25, 0.3) is 0 Å². The standard InChI is InChI=1S/C17H22N2O3/c20-12-14-5-3-10-18(14)17(22)9-11-19-15-6-2-1-4-13(15)7-8-16(19)21/h1-2,4,6,14,20H,3,5,7-12H2/t14-/m0/s1. The highest BCUT2D eigenvalue weighted by molar-refractivity contribution is 5.97. The van der Waals surface area contributed by atoms with Crippen molar-refractivity contribution in [1.29, 1.82) is 0 Å². The molecule has 5 heteroatoms. The number of carbonyl (C=O) groups excluding carboxylic acids is 2. The first kappa shape index (κ1) is 15.0. The molecule has 2 aliphatic rings. The Morgan fingerprint density at radius 2 is 2.09 bits per heavy atom. The van der Waals surface area contributed by atoms with E-state index in [4.69, 9.17) is 0 Å². The van der Waals surface area contributed by atoms with Crippen molar-refractivity contribution in [2.24, 2.45) is 0 Å². The summed E-state index contributed by atoms with van der Waals surface area (Å²) in [6.45, 7) is 1.16. The van der Waals surface area contributed by atoms with Crippen molar-refractivity contribution in [3.8, 4) is 0 Å². The SMILES string of the molecule is O=C1CCc2ccccc2N1CCC(=O)N1CCC[C@H]1CO. The molecule has 1 fully saturated rings. The number of anilines is 1. The first-order valence-electron chi connectivity index (χ1n) is 7.99. The summed E-state index contributed by atoms with van der Waals surface area (Å²) in [7, 11) is 0. The number of hydrogen-bond acceptors (Lipinski definition) is 3. The summed E-state index contributed by atoms with van der Waals surface area (Å²) in [6, 6.07) is 7.85. The van der Waals surface area contributed by atoms with Gasteiger partial charge >= 0.3 is 0 Å². The van der Waals surface area contributed by atoms with E-state index in [1.807, 2.05) is 24.3 Å². The summed E-state index contributed by atoms with van der Waals surface area (Å²) in [5.74, 6) is 0.124. The predicted molar refractivity (Wildman–Crippen MR) is 83.6 cm³/mol. The van der Waals surface area contributed by atoms with E-state index in [0.717, 1.165) is 24.9 Å². The summed E-state index contributed by atoms with van der Waals surface area (Å²) in [4.78, 5) is 28.0. The summed E-state index contributed by atoms with van der Waals surface area (Å²) >= 11 is 0. The van der Waals surface area contributed by atoms with Gasteiger partial charge in [-0.25, -0.2) is 0 Å². The lowest BCUT2D eigenvalue weighted by atomic mass is 10.0. The lowest BCUT2D eigenvalue weighted by Gasteiger charge is -2.30. The molecular weight excluding hydrogens is 280 g/mol. The molecule has 3 rings (SSSR count). The molecule has 1 aromatic carbocycles. The maximum Gasteiger partial charge on any atom is 0.227 e. The molecular formula is C17H22N2O3. The molecule has 2 heterocycles. The minimum atomic E-state index is -0.0446. The Morgan fingerprint density at radius 3 is 2.91 bits per heavy atom. The number of fused-ring (bicyclic) bond motifs is 1. The van der Waals surface area contributed by atoms with E-state index >= 15 is 0 Å². The number of carbonyl (C=O) groups is 2. The van der Waals surface area contributed by atoms with Gasteiger partial charge in [0, 0.05) is 31.6 Å². The van der Waals surface area contributed by atoms with Gasteiger partial charge in [-0.15, -0.1) is 0 Å². The van der Waals surface area contributed by atoms with Crippen molar-refractivity contribution < 1.29 is 14.7 Å². The van der Waals surface area contributed by atoms with Gasteiger partial charge in [-0.3, -0.25) is 9.59 Å². The molecule has 5 nitrogen and oxygen atoms in total. The number of likely N-dealkylation sites (tertiary alicyclic amines) is 1. The zero-order valence-corrected chi connectivity index (χ0v) is 12.7. The molecule has 0 spiro atoms. The number of aliphatic hydroxyl groups excluding tert-OH is 1. The van der Waals surface area contributed by atoms with E-state index in [1.165, 1.54) is 5.56 Å². The van der Waals surface area contributed by atoms with Gasteiger partial charge < -0.3 is 14.9 Å². The molecule has 0 bridgehead atoms. The third kappa shape index (κ3) is 2.86. The molecule has 22 heavy (non-hydrogen) atoms. The second-order valence-corrected chi connectivity index (χ2v) is 5.99. The third-order valence-corrected chi connectivity index (χ3v) is 4.65. The predicted octanol–water partition coefficient (Wildman–Crippen LogP) is 1.34. The molecule has 2 amide bonds. The van der Waals surface area contributed by atoms with E-state index in [0.29, 0.717) is 25.9 Å². The quantitative estimate of drug-likeness (QED) is 0.913. The number of nitrogens with zero attached hydrogens (tertiary/aromatic N) is 2. The first-order chi connectivity index (χ1) is 10.7. The molecule has 0 aliphatic carbocycles. The van der Waals surface area contributed by atoms with Crippen LogP contribution in [0.2, 0.25) is 0 Å². The molecule has 0 radical (unpaired) electrons. The van der Waals surface area contributed by atoms with E-state index in [9.17, 15) is 14.7 Å². The molecule has 1 saturated heterocycles. The summed E-state index contributed by atoms with van der Waals surface area (Å²) in [6.07, 6.45) is 3.42. The molecule has 1 atom stereocenters. The van der Waals surface area contributed by atoms with Crippen molar-refractivity contribution in [2.45, 2.75) is 38.1 Å². The van der Waals surface area contributed by atoms with E-state index in [2.05, 4.69) is 0 Å². The van der Waals surface area contributed by atoms with Gasteiger partial charge in [-0.05, 0) is 30.9 Å². The lowest BCUT2D eigenvalue weighted by molar-refractivity contribution is -0.132. The minimum absolute atomic E-state index is 0.0250. The Morgan fingerprint density at radius 1 is 1.27 bits per heavy atom. The molecule has 1 aromatic rings. The van der Waals surface area contributed by atoms with Gasteiger partial charge in [0.05, 0.1) is 12.6 Å². The van der Waals surface area contributed by atoms with Gasteiger partial charge in [0.15, 0.2) is 0 Å². The third-order valence-electron chi connectivity index (χ3n) is 4.65. The van der Waals surface area contributed by atoms with Gasteiger partial charge in [-0.2, -0.15) is 0 Å². The minimum Gasteiger partial charge on any atom is -0.394 e. The van der Waals surface area contributed by atoms with Crippen molar-refractivity contribution in [3.63, 3.8) is 0 Å². The van der Waals surface area contributed by atoms with Crippen molar-refractivity contribution in [3.05, 3.63) is 29.8 Å². The number of aryl methyl sites for hydroxylation is 1. The lowest BCUT2D eigenvalue weighted by Crippen LogP contribution is -2.41. The van der Waals surface area contributed by atoms with Gasteiger partial charge in [0.2, 0.25) is 11.8 Å². The van der Waals surface area contributed by atoms with E-state index < -0.39 is 0 Å².